The lowest BCUT2D eigenvalue weighted by Gasteiger charge is -2.16. The lowest BCUT2D eigenvalue weighted by molar-refractivity contribution is 0.685. The third-order valence-corrected chi connectivity index (χ3v) is 3.22. The van der Waals surface area contributed by atoms with Crippen molar-refractivity contribution in [1.29, 1.82) is 0 Å². The molecular formula is C12H11Cl2N3. The van der Waals surface area contributed by atoms with Crippen LogP contribution in [0, 0.1) is 0 Å². The van der Waals surface area contributed by atoms with Crippen molar-refractivity contribution < 1.29 is 0 Å². The average Bonchev–Trinajstić information content (AvgIpc) is 2.36. The molecule has 88 valence electrons. The highest BCUT2D eigenvalue weighted by atomic mass is 35.5. The van der Waals surface area contributed by atoms with E-state index in [2.05, 4.69) is 15.3 Å². The van der Waals surface area contributed by atoms with Crippen molar-refractivity contribution >= 4 is 23.2 Å². The van der Waals surface area contributed by atoms with E-state index in [-0.39, 0.29) is 6.04 Å². The summed E-state index contributed by atoms with van der Waals surface area (Å²) >= 11 is 11.9. The molecule has 0 saturated heterocycles. The van der Waals surface area contributed by atoms with Gasteiger partial charge in [0, 0.05) is 18.0 Å². The second-order valence-corrected chi connectivity index (χ2v) is 4.38. The number of nitrogens with one attached hydrogen (secondary N) is 1. The van der Waals surface area contributed by atoms with E-state index in [4.69, 9.17) is 23.2 Å². The van der Waals surface area contributed by atoms with Crippen LogP contribution in [0.1, 0.15) is 17.2 Å². The van der Waals surface area contributed by atoms with E-state index < -0.39 is 0 Å². The standard InChI is InChI=1S/C12H11Cl2N3/c1-15-12(9-5-16-7-17-6-9)8-2-3-10(13)11(14)4-8/h2-7,12,15H,1H3. The summed E-state index contributed by atoms with van der Waals surface area (Å²) in [5, 5.41) is 4.29. The number of hydrogen-bond acceptors (Lipinski definition) is 3. The van der Waals surface area contributed by atoms with E-state index in [0.717, 1.165) is 11.1 Å². The Labute approximate surface area is 110 Å². The summed E-state index contributed by atoms with van der Waals surface area (Å²) in [6.07, 6.45) is 5.05. The van der Waals surface area contributed by atoms with Gasteiger partial charge in [-0.25, -0.2) is 9.97 Å². The maximum atomic E-state index is 6.01. The van der Waals surface area contributed by atoms with Crippen LogP contribution in [0.5, 0.6) is 0 Å². The fourth-order valence-electron chi connectivity index (χ4n) is 1.68. The third kappa shape index (κ3) is 2.75. The molecule has 0 radical (unpaired) electrons. The summed E-state index contributed by atoms with van der Waals surface area (Å²) < 4.78 is 0. The van der Waals surface area contributed by atoms with Crippen molar-refractivity contribution in [2.24, 2.45) is 0 Å². The molecule has 0 amide bonds. The first-order chi connectivity index (χ1) is 8.22. The second kappa shape index (κ2) is 5.45. The molecule has 17 heavy (non-hydrogen) atoms. The summed E-state index contributed by atoms with van der Waals surface area (Å²) in [5.74, 6) is 0. The molecule has 1 aromatic carbocycles. The van der Waals surface area contributed by atoms with Gasteiger partial charge in [0.1, 0.15) is 6.33 Å². The predicted octanol–water partition coefficient (Wildman–Crippen LogP) is 3.09. The molecule has 0 saturated carbocycles. The molecule has 1 atom stereocenters. The van der Waals surface area contributed by atoms with Gasteiger partial charge in [-0.2, -0.15) is 0 Å². The Morgan fingerprint density at radius 2 is 1.76 bits per heavy atom. The molecule has 0 bridgehead atoms. The van der Waals surface area contributed by atoms with Crippen molar-refractivity contribution in [3.05, 3.63) is 58.1 Å². The van der Waals surface area contributed by atoms with Crippen molar-refractivity contribution in [2.75, 3.05) is 7.05 Å². The number of halogens is 2. The minimum absolute atomic E-state index is 0.00552. The fraction of sp³-hybridized carbons (Fsp3) is 0.167. The van der Waals surface area contributed by atoms with E-state index in [0.29, 0.717) is 10.0 Å². The molecule has 2 aromatic rings. The van der Waals surface area contributed by atoms with E-state index >= 15 is 0 Å². The number of nitrogens with zero attached hydrogens (tertiary/aromatic N) is 2. The molecule has 5 heteroatoms. The van der Waals surface area contributed by atoms with Crippen molar-refractivity contribution in [2.45, 2.75) is 6.04 Å². The van der Waals surface area contributed by atoms with Crippen LogP contribution in [0.3, 0.4) is 0 Å². The number of rotatable bonds is 3. The Morgan fingerprint density at radius 1 is 1.06 bits per heavy atom. The zero-order chi connectivity index (χ0) is 12.3. The summed E-state index contributed by atoms with van der Waals surface area (Å²) in [6, 6.07) is 5.57. The molecule has 3 nitrogen and oxygen atoms in total. The highest BCUT2D eigenvalue weighted by Gasteiger charge is 2.13. The monoisotopic (exact) mass is 267 g/mol. The molecule has 0 spiro atoms. The molecule has 1 unspecified atom stereocenters. The first kappa shape index (κ1) is 12.3. The topological polar surface area (TPSA) is 37.8 Å². The largest absolute Gasteiger partial charge is 0.309 e. The second-order valence-electron chi connectivity index (χ2n) is 3.57. The third-order valence-electron chi connectivity index (χ3n) is 2.48. The van der Waals surface area contributed by atoms with E-state index in [1.165, 1.54) is 6.33 Å². The molecule has 0 aliphatic heterocycles. The first-order valence-corrected chi connectivity index (χ1v) is 5.85. The maximum absolute atomic E-state index is 6.01. The molecule has 0 aliphatic rings. The van der Waals surface area contributed by atoms with Gasteiger partial charge < -0.3 is 5.32 Å². The SMILES string of the molecule is CNC(c1cncnc1)c1ccc(Cl)c(Cl)c1. The van der Waals surface area contributed by atoms with Gasteiger partial charge in [-0.3, -0.25) is 0 Å². The fourth-order valence-corrected chi connectivity index (χ4v) is 1.98. The highest BCUT2D eigenvalue weighted by molar-refractivity contribution is 6.42. The Bertz CT molecular complexity index is 502. The van der Waals surface area contributed by atoms with Gasteiger partial charge in [0.2, 0.25) is 0 Å². The number of aromatic nitrogens is 2. The van der Waals surface area contributed by atoms with Crippen LogP contribution in [0.15, 0.2) is 36.9 Å². The van der Waals surface area contributed by atoms with Gasteiger partial charge in [0.05, 0.1) is 16.1 Å². The Kier molecular flexibility index (Phi) is 3.94. The molecule has 1 N–H and O–H groups in total. The minimum atomic E-state index is 0.00552. The molecular weight excluding hydrogens is 257 g/mol. The van der Waals surface area contributed by atoms with Crippen molar-refractivity contribution in [3.8, 4) is 0 Å². The van der Waals surface area contributed by atoms with Crippen LogP contribution in [0.2, 0.25) is 10.0 Å². The Hall–Kier alpha value is -1.16. The van der Waals surface area contributed by atoms with Gasteiger partial charge in [0.15, 0.2) is 0 Å². The summed E-state index contributed by atoms with van der Waals surface area (Å²) in [5.41, 5.74) is 2.00. The van der Waals surface area contributed by atoms with Crippen LogP contribution in [0.4, 0.5) is 0 Å². The summed E-state index contributed by atoms with van der Waals surface area (Å²) in [4.78, 5) is 8.02. The molecule has 1 aromatic heterocycles. The Balaban J connectivity index is 2.39. The molecule has 2 rings (SSSR count). The molecule has 0 aliphatic carbocycles. The van der Waals surface area contributed by atoms with Crippen LogP contribution in [0.25, 0.3) is 0 Å². The average molecular weight is 268 g/mol. The van der Waals surface area contributed by atoms with Crippen molar-refractivity contribution in [3.63, 3.8) is 0 Å². The smallest absolute Gasteiger partial charge is 0.115 e. The first-order valence-electron chi connectivity index (χ1n) is 5.09. The van der Waals surface area contributed by atoms with Gasteiger partial charge in [0.25, 0.3) is 0 Å². The van der Waals surface area contributed by atoms with Gasteiger partial charge in [-0.1, -0.05) is 29.3 Å². The lowest BCUT2D eigenvalue weighted by atomic mass is 10.0. The summed E-state index contributed by atoms with van der Waals surface area (Å²) in [7, 11) is 1.88. The van der Waals surface area contributed by atoms with Gasteiger partial charge >= 0.3 is 0 Å². The van der Waals surface area contributed by atoms with Gasteiger partial charge in [-0.15, -0.1) is 0 Å². The highest BCUT2D eigenvalue weighted by Crippen LogP contribution is 2.28. The maximum Gasteiger partial charge on any atom is 0.115 e. The van der Waals surface area contributed by atoms with Crippen LogP contribution < -0.4 is 5.32 Å². The van der Waals surface area contributed by atoms with E-state index in [1.807, 2.05) is 19.2 Å². The quantitative estimate of drug-likeness (QED) is 0.929. The normalized spacial score (nSPS) is 12.4. The zero-order valence-electron chi connectivity index (χ0n) is 9.19. The summed E-state index contributed by atoms with van der Waals surface area (Å²) in [6.45, 7) is 0. The van der Waals surface area contributed by atoms with Crippen molar-refractivity contribution in [1.82, 2.24) is 15.3 Å². The van der Waals surface area contributed by atoms with Crippen LogP contribution in [-0.2, 0) is 0 Å². The number of benzene rings is 1. The number of hydrogen-bond donors (Lipinski definition) is 1. The molecule has 0 fully saturated rings. The lowest BCUT2D eigenvalue weighted by Crippen LogP contribution is -2.18. The van der Waals surface area contributed by atoms with Gasteiger partial charge in [-0.05, 0) is 24.7 Å². The van der Waals surface area contributed by atoms with E-state index in [1.54, 1.807) is 18.5 Å². The minimum Gasteiger partial charge on any atom is -0.309 e. The van der Waals surface area contributed by atoms with Crippen LogP contribution >= 0.6 is 23.2 Å². The van der Waals surface area contributed by atoms with E-state index in [9.17, 15) is 0 Å². The van der Waals surface area contributed by atoms with Crippen LogP contribution in [-0.4, -0.2) is 17.0 Å². The Morgan fingerprint density at radius 3 is 2.35 bits per heavy atom. The zero-order valence-corrected chi connectivity index (χ0v) is 10.7. The predicted molar refractivity (Wildman–Crippen MR) is 69.4 cm³/mol. The molecule has 1 heterocycles.